The molecule has 1 N–H and O–H groups in total. The second kappa shape index (κ2) is 7.93. The fourth-order valence-corrected chi connectivity index (χ4v) is 3.51. The van der Waals surface area contributed by atoms with Gasteiger partial charge in [0, 0.05) is 16.8 Å². The number of hydrogen-bond donors (Lipinski definition) is 1. The second-order valence-electron chi connectivity index (χ2n) is 5.98. The van der Waals surface area contributed by atoms with Crippen LogP contribution in [0.5, 0.6) is 17.4 Å². The van der Waals surface area contributed by atoms with Crippen molar-refractivity contribution in [3.8, 4) is 28.6 Å². The van der Waals surface area contributed by atoms with Crippen LogP contribution in [0.1, 0.15) is 18.7 Å². The molecule has 144 valence electrons. The Morgan fingerprint density at radius 2 is 1.89 bits per heavy atom. The lowest BCUT2D eigenvalue weighted by molar-refractivity contribution is 0.224. The molecule has 0 unspecified atom stereocenters. The van der Waals surface area contributed by atoms with Crippen LogP contribution in [0.15, 0.2) is 47.6 Å². The van der Waals surface area contributed by atoms with Gasteiger partial charge in [0.05, 0.1) is 14.2 Å². The van der Waals surface area contributed by atoms with E-state index in [2.05, 4.69) is 20.5 Å². The van der Waals surface area contributed by atoms with Crippen LogP contribution in [0.2, 0.25) is 0 Å². The predicted molar refractivity (Wildman–Crippen MR) is 108 cm³/mol. The van der Waals surface area contributed by atoms with Crippen LogP contribution >= 0.6 is 11.8 Å². The standard InChI is InChI=1S/C20H20N4O3S/c1-4-28-20-22-19-17(23-24-20)13-7-5-6-8-14(13)21-18(27-19)12-9-10-15(25-2)16(11-12)26-3/h5-11,18,21H,4H2,1-3H3/t18-/m1/s1. The van der Waals surface area contributed by atoms with Gasteiger partial charge in [-0.3, -0.25) is 0 Å². The molecule has 1 aliphatic heterocycles. The quantitative estimate of drug-likeness (QED) is 0.644. The normalized spacial score (nSPS) is 14.8. The van der Waals surface area contributed by atoms with Crippen LogP contribution in [0.3, 0.4) is 0 Å². The Morgan fingerprint density at radius 1 is 1.07 bits per heavy atom. The smallest absolute Gasteiger partial charge is 0.247 e. The van der Waals surface area contributed by atoms with Crippen molar-refractivity contribution >= 4 is 17.4 Å². The number of hydrogen-bond acceptors (Lipinski definition) is 8. The number of nitrogens with zero attached hydrogens (tertiary/aromatic N) is 3. The van der Waals surface area contributed by atoms with E-state index < -0.39 is 6.23 Å². The van der Waals surface area contributed by atoms with Crippen molar-refractivity contribution in [3.63, 3.8) is 0 Å². The van der Waals surface area contributed by atoms with E-state index in [1.54, 1.807) is 14.2 Å². The summed E-state index contributed by atoms with van der Waals surface area (Å²) in [6, 6.07) is 13.6. The molecule has 1 aliphatic rings. The Hall–Kier alpha value is -3.00. The molecule has 0 spiro atoms. The number of ether oxygens (including phenoxy) is 3. The topological polar surface area (TPSA) is 78.4 Å². The highest BCUT2D eigenvalue weighted by atomic mass is 32.2. The Kier molecular flexibility index (Phi) is 5.21. The van der Waals surface area contributed by atoms with Gasteiger partial charge in [0.25, 0.3) is 0 Å². The van der Waals surface area contributed by atoms with E-state index in [1.807, 2.05) is 49.4 Å². The first kappa shape index (κ1) is 18.4. The van der Waals surface area contributed by atoms with Crippen molar-refractivity contribution in [2.75, 3.05) is 25.3 Å². The summed E-state index contributed by atoms with van der Waals surface area (Å²) in [5.74, 6) is 2.59. The summed E-state index contributed by atoms with van der Waals surface area (Å²) >= 11 is 1.52. The van der Waals surface area contributed by atoms with E-state index in [9.17, 15) is 0 Å². The molecule has 1 aromatic heterocycles. The van der Waals surface area contributed by atoms with Crippen molar-refractivity contribution in [1.82, 2.24) is 15.2 Å². The fraction of sp³-hybridized carbons (Fsp3) is 0.250. The minimum atomic E-state index is -0.474. The summed E-state index contributed by atoms with van der Waals surface area (Å²) in [6.45, 7) is 2.05. The molecule has 0 radical (unpaired) electrons. The summed E-state index contributed by atoms with van der Waals surface area (Å²) in [4.78, 5) is 4.59. The number of nitrogens with one attached hydrogen (secondary N) is 1. The van der Waals surface area contributed by atoms with Crippen LogP contribution < -0.4 is 19.5 Å². The average molecular weight is 396 g/mol. The Morgan fingerprint density at radius 3 is 2.68 bits per heavy atom. The fourth-order valence-electron chi connectivity index (χ4n) is 3.00. The van der Waals surface area contributed by atoms with Gasteiger partial charge in [-0.1, -0.05) is 36.9 Å². The monoisotopic (exact) mass is 396 g/mol. The minimum absolute atomic E-state index is 0.447. The van der Waals surface area contributed by atoms with Gasteiger partial charge in [-0.2, -0.15) is 4.98 Å². The summed E-state index contributed by atoms with van der Waals surface area (Å²) in [6.07, 6.45) is -0.474. The van der Waals surface area contributed by atoms with E-state index in [1.165, 1.54) is 11.8 Å². The second-order valence-corrected chi connectivity index (χ2v) is 7.21. The van der Waals surface area contributed by atoms with Gasteiger partial charge in [-0.05, 0) is 30.0 Å². The van der Waals surface area contributed by atoms with E-state index in [0.717, 1.165) is 22.6 Å². The SMILES string of the molecule is CCSc1nnc2c(n1)O[C@H](c1ccc(OC)c(OC)c1)Nc1ccccc1-2. The minimum Gasteiger partial charge on any atom is -0.493 e. The Balaban J connectivity index is 1.80. The molecule has 0 fully saturated rings. The zero-order valence-corrected chi connectivity index (χ0v) is 16.6. The van der Waals surface area contributed by atoms with Gasteiger partial charge in [-0.15, -0.1) is 10.2 Å². The number of aromatic nitrogens is 3. The van der Waals surface area contributed by atoms with Crippen molar-refractivity contribution in [3.05, 3.63) is 48.0 Å². The number of para-hydroxylation sites is 1. The number of thioether (sulfide) groups is 1. The first-order valence-corrected chi connectivity index (χ1v) is 9.84. The van der Waals surface area contributed by atoms with Crippen LogP contribution in [0, 0.1) is 0 Å². The number of fused-ring (bicyclic) bond motifs is 3. The first-order chi connectivity index (χ1) is 13.7. The van der Waals surface area contributed by atoms with Gasteiger partial charge >= 0.3 is 0 Å². The highest BCUT2D eigenvalue weighted by molar-refractivity contribution is 7.99. The molecule has 0 bridgehead atoms. The molecule has 3 aromatic rings. The molecule has 0 amide bonds. The van der Waals surface area contributed by atoms with Crippen LogP contribution in [-0.2, 0) is 0 Å². The summed E-state index contributed by atoms with van der Waals surface area (Å²) in [7, 11) is 3.22. The highest BCUT2D eigenvalue weighted by Gasteiger charge is 2.26. The number of anilines is 1. The Labute approximate surface area is 167 Å². The maximum atomic E-state index is 6.25. The van der Waals surface area contributed by atoms with E-state index in [0.29, 0.717) is 28.2 Å². The zero-order valence-electron chi connectivity index (χ0n) is 15.8. The largest absolute Gasteiger partial charge is 0.493 e. The molecular formula is C20H20N4O3S. The maximum Gasteiger partial charge on any atom is 0.247 e. The molecule has 2 heterocycles. The zero-order chi connectivity index (χ0) is 19.5. The van der Waals surface area contributed by atoms with Gasteiger partial charge in [0.15, 0.2) is 23.4 Å². The number of methoxy groups -OCH3 is 2. The summed E-state index contributed by atoms with van der Waals surface area (Å²) in [5.41, 5.74) is 3.29. The lowest BCUT2D eigenvalue weighted by Gasteiger charge is -2.20. The van der Waals surface area contributed by atoms with Gasteiger partial charge in [0.1, 0.15) is 0 Å². The molecule has 7 nitrogen and oxygen atoms in total. The molecular weight excluding hydrogens is 376 g/mol. The van der Waals surface area contributed by atoms with Crippen molar-refractivity contribution in [2.24, 2.45) is 0 Å². The molecule has 0 saturated heterocycles. The van der Waals surface area contributed by atoms with Gasteiger partial charge in [-0.25, -0.2) is 0 Å². The van der Waals surface area contributed by atoms with Crippen LogP contribution in [0.4, 0.5) is 5.69 Å². The third-order valence-electron chi connectivity index (χ3n) is 4.32. The highest BCUT2D eigenvalue weighted by Crippen LogP contribution is 2.40. The first-order valence-electron chi connectivity index (χ1n) is 8.85. The average Bonchev–Trinajstić information content (AvgIpc) is 2.90. The summed E-state index contributed by atoms with van der Waals surface area (Å²) in [5, 5.41) is 12.6. The maximum absolute atomic E-state index is 6.25. The predicted octanol–water partition coefficient (Wildman–Crippen LogP) is 4.17. The van der Waals surface area contributed by atoms with Crippen LogP contribution in [-0.4, -0.2) is 35.2 Å². The third-order valence-corrected chi connectivity index (χ3v) is 5.04. The number of rotatable bonds is 5. The van der Waals surface area contributed by atoms with E-state index in [-0.39, 0.29) is 0 Å². The van der Waals surface area contributed by atoms with Crippen molar-refractivity contribution < 1.29 is 14.2 Å². The molecule has 0 saturated carbocycles. The molecule has 8 heteroatoms. The molecule has 0 aliphatic carbocycles. The molecule has 2 aromatic carbocycles. The third kappa shape index (κ3) is 3.43. The van der Waals surface area contributed by atoms with Crippen molar-refractivity contribution in [2.45, 2.75) is 18.3 Å². The lowest BCUT2D eigenvalue weighted by atomic mass is 10.1. The molecule has 28 heavy (non-hydrogen) atoms. The lowest BCUT2D eigenvalue weighted by Crippen LogP contribution is -2.17. The van der Waals surface area contributed by atoms with Crippen LogP contribution in [0.25, 0.3) is 11.3 Å². The van der Waals surface area contributed by atoms with Crippen molar-refractivity contribution in [1.29, 1.82) is 0 Å². The summed E-state index contributed by atoms with van der Waals surface area (Å²) < 4.78 is 17.0. The molecule has 1 atom stereocenters. The number of benzene rings is 2. The molecule has 4 rings (SSSR count). The van der Waals surface area contributed by atoms with Gasteiger partial charge in [0.2, 0.25) is 11.0 Å². The van der Waals surface area contributed by atoms with E-state index in [4.69, 9.17) is 14.2 Å². The Bertz CT molecular complexity index is 999. The van der Waals surface area contributed by atoms with E-state index >= 15 is 0 Å². The van der Waals surface area contributed by atoms with Gasteiger partial charge < -0.3 is 19.5 Å².